The van der Waals surface area contributed by atoms with E-state index < -0.39 is 0 Å². The quantitative estimate of drug-likeness (QED) is 0.192. The number of hydrogen-bond acceptors (Lipinski definition) is 2. The first-order valence-electron chi connectivity index (χ1n) is 12.2. The van der Waals surface area contributed by atoms with Crippen LogP contribution in [0.3, 0.4) is 0 Å². The first-order chi connectivity index (χ1) is 13.7. The summed E-state index contributed by atoms with van der Waals surface area (Å²) in [5.74, 6) is 0.883. The number of benzene rings is 1. The van der Waals surface area contributed by atoms with Crippen molar-refractivity contribution < 1.29 is 0 Å². The molecule has 0 spiro atoms. The van der Waals surface area contributed by atoms with Crippen LogP contribution in [0.15, 0.2) is 30.3 Å². The van der Waals surface area contributed by atoms with E-state index in [-0.39, 0.29) is 0 Å². The maximum atomic E-state index is 3.64. The minimum Gasteiger partial charge on any atom is -0.255 e. The molecule has 0 amide bonds. The Bertz CT molecular complexity index is 429. The minimum atomic E-state index is 0.883. The van der Waals surface area contributed by atoms with Crippen molar-refractivity contribution in [3.05, 3.63) is 35.9 Å². The molecule has 0 heterocycles. The van der Waals surface area contributed by atoms with E-state index in [0.29, 0.717) is 0 Å². The number of hydrogen-bond donors (Lipinski definition) is 1. The van der Waals surface area contributed by atoms with Crippen molar-refractivity contribution >= 4 is 0 Å². The van der Waals surface area contributed by atoms with Gasteiger partial charge in [0.1, 0.15) is 0 Å². The highest BCUT2D eigenvalue weighted by Crippen LogP contribution is 2.13. The van der Waals surface area contributed by atoms with Crippen molar-refractivity contribution in [2.45, 2.75) is 111 Å². The van der Waals surface area contributed by atoms with Crippen LogP contribution in [0.2, 0.25) is 0 Å². The second-order valence-corrected chi connectivity index (χ2v) is 8.89. The molecule has 1 aromatic rings. The third kappa shape index (κ3) is 15.1. The predicted molar refractivity (Wildman–Crippen MR) is 125 cm³/mol. The van der Waals surface area contributed by atoms with Gasteiger partial charge in [-0.3, -0.25) is 5.43 Å². The Labute approximate surface area is 176 Å². The van der Waals surface area contributed by atoms with Gasteiger partial charge in [-0.25, -0.2) is 5.01 Å². The lowest BCUT2D eigenvalue weighted by atomic mass is 10.0. The van der Waals surface area contributed by atoms with Crippen LogP contribution in [-0.2, 0) is 6.54 Å². The first kappa shape index (κ1) is 25.2. The number of nitrogens with one attached hydrogen (secondary N) is 1. The average Bonchev–Trinajstić information content (AvgIpc) is 2.69. The topological polar surface area (TPSA) is 15.3 Å². The summed E-state index contributed by atoms with van der Waals surface area (Å²) < 4.78 is 0. The van der Waals surface area contributed by atoms with Gasteiger partial charge in [0, 0.05) is 19.6 Å². The summed E-state index contributed by atoms with van der Waals surface area (Å²) in [6, 6.07) is 10.8. The van der Waals surface area contributed by atoms with Crippen LogP contribution in [0.5, 0.6) is 0 Å². The summed E-state index contributed by atoms with van der Waals surface area (Å²) in [4.78, 5) is 0. The third-order valence-electron chi connectivity index (χ3n) is 5.50. The average molecular weight is 389 g/mol. The van der Waals surface area contributed by atoms with Gasteiger partial charge < -0.3 is 0 Å². The molecule has 28 heavy (non-hydrogen) atoms. The van der Waals surface area contributed by atoms with E-state index in [4.69, 9.17) is 0 Å². The zero-order valence-electron chi connectivity index (χ0n) is 19.2. The zero-order valence-corrected chi connectivity index (χ0v) is 19.2. The van der Waals surface area contributed by atoms with Gasteiger partial charge in [-0.2, -0.15) is 0 Å². The summed E-state index contributed by atoms with van der Waals surface area (Å²) in [5.41, 5.74) is 5.04. The Kier molecular flexibility index (Phi) is 16.4. The fraction of sp³-hybridized carbons (Fsp3) is 0.769. The van der Waals surface area contributed by atoms with Gasteiger partial charge in [0.15, 0.2) is 0 Å². The molecule has 0 saturated heterocycles. The van der Waals surface area contributed by atoms with E-state index in [1.807, 2.05) is 0 Å². The van der Waals surface area contributed by atoms with Crippen molar-refractivity contribution in [1.29, 1.82) is 0 Å². The summed E-state index contributed by atoms with van der Waals surface area (Å²) in [5, 5.41) is 2.39. The largest absolute Gasteiger partial charge is 0.255 e. The van der Waals surface area contributed by atoms with Crippen LogP contribution in [0, 0.1) is 5.92 Å². The number of unbranched alkanes of at least 4 members (excludes halogenated alkanes) is 10. The highest BCUT2D eigenvalue weighted by molar-refractivity contribution is 5.14. The Morgan fingerprint density at radius 1 is 0.750 bits per heavy atom. The monoisotopic (exact) mass is 388 g/mol. The molecular weight excluding hydrogens is 340 g/mol. The van der Waals surface area contributed by atoms with Gasteiger partial charge in [-0.05, 0) is 24.3 Å². The molecule has 1 rings (SSSR count). The lowest BCUT2D eigenvalue weighted by molar-refractivity contribution is 0.177. The maximum absolute atomic E-state index is 3.64. The predicted octanol–water partition coefficient (Wildman–Crippen LogP) is 7.74. The van der Waals surface area contributed by atoms with Crippen LogP contribution >= 0.6 is 0 Å². The van der Waals surface area contributed by atoms with E-state index in [0.717, 1.165) is 25.6 Å². The second kappa shape index (κ2) is 18.2. The molecule has 2 heteroatoms. The zero-order chi connectivity index (χ0) is 20.3. The Hall–Kier alpha value is -0.860. The summed E-state index contributed by atoms with van der Waals surface area (Å²) >= 11 is 0. The molecule has 0 aliphatic rings. The van der Waals surface area contributed by atoms with Crippen LogP contribution in [0.1, 0.15) is 110 Å². The van der Waals surface area contributed by atoms with Crippen molar-refractivity contribution in [2.24, 2.45) is 5.92 Å². The number of nitrogens with zero attached hydrogens (tertiary/aromatic N) is 1. The second-order valence-electron chi connectivity index (χ2n) is 8.89. The Morgan fingerprint density at radius 3 is 1.82 bits per heavy atom. The van der Waals surface area contributed by atoms with Crippen molar-refractivity contribution in [1.82, 2.24) is 10.4 Å². The Balaban J connectivity index is 1.89. The molecule has 0 bridgehead atoms. The summed E-state index contributed by atoms with van der Waals surface area (Å²) in [6.07, 6.45) is 18.2. The molecular formula is C26H48N2. The van der Waals surface area contributed by atoms with Crippen LogP contribution in [-0.4, -0.2) is 18.1 Å². The van der Waals surface area contributed by atoms with E-state index in [1.54, 1.807) is 0 Å². The van der Waals surface area contributed by atoms with Crippen molar-refractivity contribution in [2.75, 3.05) is 13.1 Å². The van der Waals surface area contributed by atoms with Crippen molar-refractivity contribution in [3.8, 4) is 0 Å². The normalized spacial score (nSPS) is 11.6. The molecule has 0 aliphatic carbocycles. The first-order valence-corrected chi connectivity index (χ1v) is 12.2. The lowest BCUT2D eigenvalue weighted by Crippen LogP contribution is -2.38. The van der Waals surface area contributed by atoms with Gasteiger partial charge >= 0.3 is 0 Å². The SMILES string of the molecule is CCCN(Cc1ccccc1)NCCCCCCCCCCCCCC(C)C. The van der Waals surface area contributed by atoms with E-state index in [9.17, 15) is 0 Å². The molecule has 0 atom stereocenters. The lowest BCUT2D eigenvalue weighted by Gasteiger charge is -2.23. The molecule has 0 unspecified atom stereocenters. The maximum Gasteiger partial charge on any atom is 0.0381 e. The van der Waals surface area contributed by atoms with Crippen LogP contribution in [0.4, 0.5) is 0 Å². The molecule has 1 aromatic carbocycles. The third-order valence-corrected chi connectivity index (χ3v) is 5.50. The van der Waals surface area contributed by atoms with Gasteiger partial charge in [-0.1, -0.05) is 122 Å². The molecule has 0 aliphatic heterocycles. The summed E-state index contributed by atoms with van der Waals surface area (Å²) in [6.45, 7) is 10.2. The molecule has 2 nitrogen and oxygen atoms in total. The van der Waals surface area contributed by atoms with Gasteiger partial charge in [0.25, 0.3) is 0 Å². The van der Waals surface area contributed by atoms with E-state index >= 15 is 0 Å². The van der Waals surface area contributed by atoms with Gasteiger partial charge in [0.2, 0.25) is 0 Å². The number of hydrazine groups is 1. The molecule has 162 valence electrons. The highest BCUT2D eigenvalue weighted by atomic mass is 15.5. The molecule has 1 N–H and O–H groups in total. The van der Waals surface area contributed by atoms with Crippen LogP contribution in [0.25, 0.3) is 0 Å². The summed E-state index contributed by atoms with van der Waals surface area (Å²) in [7, 11) is 0. The standard InChI is InChI=1S/C26H48N2/c1-4-23-28(24-26-20-16-14-17-21-26)27-22-18-13-11-9-7-5-6-8-10-12-15-19-25(2)3/h14,16-17,20-21,25,27H,4-13,15,18-19,22-24H2,1-3H3. The highest BCUT2D eigenvalue weighted by Gasteiger charge is 2.03. The van der Waals surface area contributed by atoms with Crippen molar-refractivity contribution in [3.63, 3.8) is 0 Å². The van der Waals surface area contributed by atoms with E-state index in [2.05, 4.69) is 61.5 Å². The fourth-order valence-electron chi connectivity index (χ4n) is 3.79. The van der Waals surface area contributed by atoms with Crippen LogP contribution < -0.4 is 5.43 Å². The Morgan fingerprint density at radius 2 is 1.29 bits per heavy atom. The minimum absolute atomic E-state index is 0.883. The fourth-order valence-corrected chi connectivity index (χ4v) is 3.79. The molecule has 0 saturated carbocycles. The van der Waals surface area contributed by atoms with Gasteiger partial charge in [-0.15, -0.1) is 0 Å². The van der Waals surface area contributed by atoms with E-state index in [1.165, 1.54) is 89.0 Å². The molecule has 0 radical (unpaired) electrons. The number of rotatable bonds is 19. The molecule has 0 aromatic heterocycles. The molecule has 0 fully saturated rings. The smallest absolute Gasteiger partial charge is 0.0381 e. The van der Waals surface area contributed by atoms with Gasteiger partial charge in [0.05, 0.1) is 0 Å².